The van der Waals surface area contributed by atoms with Gasteiger partial charge in [-0.1, -0.05) is 6.42 Å². The van der Waals surface area contributed by atoms with E-state index in [-0.39, 0.29) is 18.4 Å². The van der Waals surface area contributed by atoms with Crippen molar-refractivity contribution in [2.24, 2.45) is 0 Å². The van der Waals surface area contributed by atoms with Gasteiger partial charge in [0.25, 0.3) is 0 Å². The molecule has 0 radical (unpaired) electrons. The lowest BCUT2D eigenvalue weighted by atomic mass is 10.2. The standard InChI is InChI=1S/C13H20N2O4/c16-11-6-2-1-3-7-14(11)9-12(17)15-8-4-5-10(15)13(18)19/h10H,1-9H2,(H,18,19)/t10-/m1/s1. The Morgan fingerprint density at radius 2 is 1.95 bits per heavy atom. The molecular weight excluding hydrogens is 248 g/mol. The molecule has 2 amide bonds. The van der Waals surface area contributed by atoms with Crippen LogP contribution in [0.25, 0.3) is 0 Å². The number of amides is 2. The molecule has 6 heteroatoms. The maximum atomic E-state index is 12.2. The van der Waals surface area contributed by atoms with Crippen molar-refractivity contribution < 1.29 is 19.5 Å². The highest BCUT2D eigenvalue weighted by Crippen LogP contribution is 2.18. The van der Waals surface area contributed by atoms with Crippen LogP contribution in [0.15, 0.2) is 0 Å². The van der Waals surface area contributed by atoms with Crippen LogP contribution >= 0.6 is 0 Å². The van der Waals surface area contributed by atoms with Gasteiger partial charge in [-0.3, -0.25) is 9.59 Å². The Hall–Kier alpha value is -1.59. The van der Waals surface area contributed by atoms with Gasteiger partial charge in [0.1, 0.15) is 6.04 Å². The fourth-order valence-electron chi connectivity index (χ4n) is 2.78. The quantitative estimate of drug-likeness (QED) is 0.807. The van der Waals surface area contributed by atoms with E-state index in [0.717, 1.165) is 25.7 Å². The highest BCUT2D eigenvalue weighted by Gasteiger charge is 2.34. The molecule has 1 atom stereocenters. The molecule has 2 saturated heterocycles. The zero-order valence-electron chi connectivity index (χ0n) is 11.0. The average molecular weight is 268 g/mol. The molecule has 6 nitrogen and oxygen atoms in total. The van der Waals surface area contributed by atoms with Crippen LogP contribution < -0.4 is 0 Å². The summed E-state index contributed by atoms with van der Waals surface area (Å²) in [6.45, 7) is 1.12. The molecule has 0 bridgehead atoms. The molecule has 2 aliphatic heterocycles. The molecule has 0 aromatic heterocycles. The number of hydrogen-bond acceptors (Lipinski definition) is 3. The first kappa shape index (κ1) is 13.8. The van der Waals surface area contributed by atoms with Crippen LogP contribution in [0.4, 0.5) is 0 Å². The maximum Gasteiger partial charge on any atom is 0.326 e. The molecule has 19 heavy (non-hydrogen) atoms. The van der Waals surface area contributed by atoms with Gasteiger partial charge in [0.2, 0.25) is 11.8 Å². The lowest BCUT2D eigenvalue weighted by Crippen LogP contribution is -2.46. The van der Waals surface area contributed by atoms with Crippen molar-refractivity contribution in [3.8, 4) is 0 Å². The number of carboxylic acids is 1. The van der Waals surface area contributed by atoms with Crippen molar-refractivity contribution in [1.82, 2.24) is 9.80 Å². The number of carbonyl (C=O) groups is 3. The molecule has 0 saturated carbocycles. The number of likely N-dealkylation sites (tertiary alicyclic amines) is 2. The summed E-state index contributed by atoms with van der Waals surface area (Å²) < 4.78 is 0. The molecule has 106 valence electrons. The number of rotatable bonds is 3. The highest BCUT2D eigenvalue weighted by atomic mass is 16.4. The predicted molar refractivity (Wildman–Crippen MR) is 67.4 cm³/mol. The van der Waals surface area contributed by atoms with Crippen LogP contribution in [0.5, 0.6) is 0 Å². The third-order valence-electron chi connectivity index (χ3n) is 3.86. The largest absolute Gasteiger partial charge is 0.480 e. The van der Waals surface area contributed by atoms with Gasteiger partial charge in [0, 0.05) is 19.5 Å². The molecule has 0 aromatic carbocycles. The summed E-state index contributed by atoms with van der Waals surface area (Å²) in [4.78, 5) is 38.0. The molecule has 2 fully saturated rings. The molecular formula is C13H20N2O4. The van der Waals surface area contributed by atoms with Gasteiger partial charge < -0.3 is 14.9 Å². The number of carbonyl (C=O) groups excluding carboxylic acids is 2. The molecule has 0 spiro atoms. The molecule has 2 aliphatic rings. The molecule has 0 aromatic rings. The van der Waals surface area contributed by atoms with Gasteiger partial charge in [-0.05, 0) is 25.7 Å². The van der Waals surface area contributed by atoms with Gasteiger partial charge in [-0.25, -0.2) is 4.79 Å². The van der Waals surface area contributed by atoms with Crippen molar-refractivity contribution in [2.75, 3.05) is 19.6 Å². The minimum absolute atomic E-state index is 0.0110. The van der Waals surface area contributed by atoms with Crippen LogP contribution in [0.1, 0.15) is 38.5 Å². The second kappa shape index (κ2) is 6.04. The lowest BCUT2D eigenvalue weighted by Gasteiger charge is -2.26. The van der Waals surface area contributed by atoms with Crippen molar-refractivity contribution in [2.45, 2.75) is 44.6 Å². The first-order valence-corrected chi connectivity index (χ1v) is 6.89. The summed E-state index contributed by atoms with van der Waals surface area (Å²) in [5.74, 6) is -1.18. The van der Waals surface area contributed by atoms with Crippen LogP contribution in [-0.4, -0.2) is 58.4 Å². The van der Waals surface area contributed by atoms with Gasteiger partial charge in [-0.2, -0.15) is 0 Å². The molecule has 0 aliphatic carbocycles. The third-order valence-corrected chi connectivity index (χ3v) is 3.86. The second-order valence-electron chi connectivity index (χ2n) is 5.21. The summed E-state index contributed by atoms with van der Waals surface area (Å²) in [7, 11) is 0. The Kier molecular flexibility index (Phi) is 4.39. The van der Waals surface area contributed by atoms with Crippen LogP contribution in [0.2, 0.25) is 0 Å². The summed E-state index contributed by atoms with van der Waals surface area (Å²) in [6.07, 6.45) is 4.53. The Morgan fingerprint density at radius 1 is 1.16 bits per heavy atom. The fraction of sp³-hybridized carbons (Fsp3) is 0.769. The molecule has 0 unspecified atom stereocenters. The van der Waals surface area contributed by atoms with Gasteiger partial charge in [-0.15, -0.1) is 0 Å². The SMILES string of the molecule is O=C(O)[C@H]1CCCN1C(=O)CN1CCCCCC1=O. The minimum Gasteiger partial charge on any atom is -0.480 e. The average Bonchev–Trinajstić information content (AvgIpc) is 2.78. The fourth-order valence-corrected chi connectivity index (χ4v) is 2.78. The minimum atomic E-state index is -0.951. The number of carboxylic acid groups (broad SMARTS) is 1. The van der Waals surface area contributed by atoms with Gasteiger partial charge in [0.15, 0.2) is 0 Å². The van der Waals surface area contributed by atoms with Crippen molar-refractivity contribution in [1.29, 1.82) is 0 Å². The zero-order valence-corrected chi connectivity index (χ0v) is 11.0. The number of nitrogens with zero attached hydrogens (tertiary/aromatic N) is 2. The molecule has 1 N–H and O–H groups in total. The predicted octanol–water partition coefficient (Wildman–Crippen LogP) is 0.465. The summed E-state index contributed by atoms with van der Waals surface area (Å²) in [5.41, 5.74) is 0. The summed E-state index contributed by atoms with van der Waals surface area (Å²) in [5, 5.41) is 9.06. The van der Waals surface area contributed by atoms with E-state index in [4.69, 9.17) is 5.11 Å². The second-order valence-corrected chi connectivity index (χ2v) is 5.21. The van der Waals surface area contributed by atoms with E-state index < -0.39 is 12.0 Å². The monoisotopic (exact) mass is 268 g/mol. The van der Waals surface area contributed by atoms with E-state index in [1.807, 2.05) is 0 Å². The van der Waals surface area contributed by atoms with E-state index in [1.165, 1.54) is 4.90 Å². The Morgan fingerprint density at radius 3 is 2.68 bits per heavy atom. The smallest absolute Gasteiger partial charge is 0.326 e. The van der Waals surface area contributed by atoms with E-state index in [1.54, 1.807) is 4.90 Å². The van der Waals surface area contributed by atoms with E-state index in [9.17, 15) is 14.4 Å². The van der Waals surface area contributed by atoms with Crippen LogP contribution in [0.3, 0.4) is 0 Å². The van der Waals surface area contributed by atoms with Gasteiger partial charge >= 0.3 is 5.97 Å². The topological polar surface area (TPSA) is 77.9 Å². The first-order valence-electron chi connectivity index (χ1n) is 6.89. The van der Waals surface area contributed by atoms with E-state index in [2.05, 4.69) is 0 Å². The Labute approximate surface area is 112 Å². The van der Waals surface area contributed by atoms with Gasteiger partial charge in [0.05, 0.1) is 6.54 Å². The third kappa shape index (κ3) is 3.24. The zero-order chi connectivity index (χ0) is 13.8. The Bertz CT molecular complexity index is 383. The lowest BCUT2D eigenvalue weighted by molar-refractivity contribution is -0.149. The molecule has 2 heterocycles. The highest BCUT2D eigenvalue weighted by molar-refractivity contribution is 5.88. The summed E-state index contributed by atoms with van der Waals surface area (Å²) in [6, 6.07) is -0.713. The van der Waals surface area contributed by atoms with Crippen molar-refractivity contribution in [3.05, 3.63) is 0 Å². The normalized spacial score (nSPS) is 24.4. The molecule has 2 rings (SSSR count). The Balaban J connectivity index is 1.96. The first-order chi connectivity index (χ1) is 9.09. The van der Waals surface area contributed by atoms with Crippen molar-refractivity contribution >= 4 is 17.8 Å². The van der Waals surface area contributed by atoms with Crippen LogP contribution in [-0.2, 0) is 14.4 Å². The van der Waals surface area contributed by atoms with Crippen LogP contribution in [0, 0.1) is 0 Å². The maximum absolute atomic E-state index is 12.2. The van der Waals surface area contributed by atoms with E-state index in [0.29, 0.717) is 25.9 Å². The number of hydrogen-bond donors (Lipinski definition) is 1. The summed E-state index contributed by atoms with van der Waals surface area (Å²) >= 11 is 0. The number of aliphatic carboxylic acids is 1. The van der Waals surface area contributed by atoms with Crippen molar-refractivity contribution in [3.63, 3.8) is 0 Å². The van der Waals surface area contributed by atoms with E-state index >= 15 is 0 Å².